The molecule has 1 aromatic carbocycles. The van der Waals surface area contributed by atoms with E-state index in [9.17, 15) is 21.6 Å². The van der Waals surface area contributed by atoms with E-state index in [-0.39, 0.29) is 22.8 Å². The highest BCUT2D eigenvalue weighted by Crippen LogP contribution is 2.30. The fourth-order valence-electron chi connectivity index (χ4n) is 4.85. The van der Waals surface area contributed by atoms with Gasteiger partial charge in [-0.2, -0.15) is 5.10 Å². The van der Waals surface area contributed by atoms with Crippen molar-refractivity contribution in [1.29, 1.82) is 0 Å². The summed E-state index contributed by atoms with van der Waals surface area (Å²) in [7, 11) is -1.14. The predicted octanol–water partition coefficient (Wildman–Crippen LogP) is 4.16. The summed E-state index contributed by atoms with van der Waals surface area (Å²) in [6.45, 7) is 5.29. The molecule has 0 bridgehead atoms. The minimum atomic E-state index is -4.76. The second-order valence-corrected chi connectivity index (χ2v) is 12.7. The quantitative estimate of drug-likeness (QED) is 0.334. The van der Waals surface area contributed by atoms with Crippen molar-refractivity contribution in [3.8, 4) is 22.7 Å². The molecule has 39 heavy (non-hydrogen) atoms. The molecule has 0 unspecified atom stereocenters. The first-order chi connectivity index (χ1) is 18.3. The molecule has 0 radical (unpaired) electrons. The van der Waals surface area contributed by atoms with Crippen LogP contribution >= 0.6 is 0 Å². The summed E-state index contributed by atoms with van der Waals surface area (Å²) in [5.41, 5.74) is 4.00. The van der Waals surface area contributed by atoms with Gasteiger partial charge in [0, 0.05) is 43.6 Å². The Hall–Kier alpha value is -3.45. The Kier molecular flexibility index (Phi) is 6.91. The molecule has 0 aliphatic carbocycles. The van der Waals surface area contributed by atoms with Gasteiger partial charge in [0.25, 0.3) is 0 Å². The molecule has 1 aliphatic rings. The van der Waals surface area contributed by atoms with E-state index in [1.54, 1.807) is 17.1 Å². The third kappa shape index (κ3) is 6.09. The van der Waals surface area contributed by atoms with Gasteiger partial charge in [-0.15, -0.1) is 13.2 Å². The molecule has 3 aromatic heterocycles. The van der Waals surface area contributed by atoms with Crippen molar-refractivity contribution >= 4 is 21.0 Å². The number of ether oxygens (including phenoxy) is 1. The standard InChI is InChI=1S/C26H29F3N6O3S/c1-25(2,34-10-12-39(36,37)13-11-34)9-8-19-16-35(20-14-31-33(3)17-20)24-23(19)30-15-22(32-24)18-4-6-21(7-5-18)38-26(27,28)29/h4-7,14-17H,8-13H2,1-3H3. The summed E-state index contributed by atoms with van der Waals surface area (Å²) in [5, 5.41) is 4.27. The zero-order chi connectivity index (χ0) is 28.0. The first kappa shape index (κ1) is 27.1. The third-order valence-electron chi connectivity index (χ3n) is 7.13. The van der Waals surface area contributed by atoms with Crippen molar-refractivity contribution in [1.82, 2.24) is 29.2 Å². The third-order valence-corrected chi connectivity index (χ3v) is 8.74. The van der Waals surface area contributed by atoms with E-state index in [0.29, 0.717) is 36.4 Å². The first-order valence-corrected chi connectivity index (χ1v) is 14.3. The number of halogens is 3. The van der Waals surface area contributed by atoms with Crippen LogP contribution in [0.4, 0.5) is 13.2 Å². The van der Waals surface area contributed by atoms with Crippen molar-refractivity contribution in [2.75, 3.05) is 24.6 Å². The largest absolute Gasteiger partial charge is 0.573 e. The maximum absolute atomic E-state index is 12.5. The number of aryl methyl sites for hydroxylation is 2. The Bertz CT molecular complexity index is 1580. The SMILES string of the molecule is Cn1cc(-n2cc(CCC(C)(C)N3CCS(=O)(=O)CC3)c3ncc(-c4ccc(OC(F)(F)F)cc4)nc32)cn1. The molecule has 5 rings (SSSR count). The Morgan fingerprint density at radius 2 is 1.72 bits per heavy atom. The van der Waals surface area contributed by atoms with Gasteiger partial charge in [-0.3, -0.25) is 19.1 Å². The topological polar surface area (TPSA) is 95.1 Å². The summed E-state index contributed by atoms with van der Waals surface area (Å²) in [6, 6.07) is 5.51. The molecule has 208 valence electrons. The molecule has 4 heterocycles. The number of rotatable bonds is 7. The van der Waals surface area contributed by atoms with Gasteiger partial charge < -0.3 is 4.74 Å². The second kappa shape index (κ2) is 9.94. The molecule has 0 saturated carbocycles. The Labute approximate surface area is 224 Å². The zero-order valence-electron chi connectivity index (χ0n) is 21.8. The Morgan fingerprint density at radius 1 is 1.03 bits per heavy atom. The predicted molar refractivity (Wildman–Crippen MR) is 140 cm³/mol. The lowest BCUT2D eigenvalue weighted by atomic mass is 9.93. The second-order valence-electron chi connectivity index (χ2n) is 10.3. The smallest absolute Gasteiger partial charge is 0.406 e. The van der Waals surface area contributed by atoms with E-state index in [4.69, 9.17) is 9.97 Å². The van der Waals surface area contributed by atoms with E-state index in [1.807, 2.05) is 24.0 Å². The summed E-state index contributed by atoms with van der Waals surface area (Å²) < 4.78 is 69.0. The molecule has 1 aliphatic heterocycles. The van der Waals surface area contributed by atoms with Gasteiger partial charge in [0.1, 0.15) is 11.3 Å². The lowest BCUT2D eigenvalue weighted by Crippen LogP contribution is -2.51. The molecular weight excluding hydrogens is 533 g/mol. The number of aromatic nitrogens is 5. The minimum absolute atomic E-state index is 0.175. The maximum atomic E-state index is 12.5. The molecule has 1 saturated heterocycles. The number of alkyl halides is 3. The van der Waals surface area contributed by atoms with Gasteiger partial charge in [-0.25, -0.2) is 13.4 Å². The maximum Gasteiger partial charge on any atom is 0.573 e. The monoisotopic (exact) mass is 562 g/mol. The van der Waals surface area contributed by atoms with E-state index < -0.39 is 16.2 Å². The highest BCUT2D eigenvalue weighted by Gasteiger charge is 2.33. The van der Waals surface area contributed by atoms with Crippen LogP contribution in [0.25, 0.3) is 28.1 Å². The fourth-order valence-corrected chi connectivity index (χ4v) is 6.05. The summed E-state index contributed by atoms with van der Waals surface area (Å²) in [4.78, 5) is 11.8. The molecule has 9 nitrogen and oxygen atoms in total. The van der Waals surface area contributed by atoms with Crippen molar-refractivity contribution in [3.05, 3.63) is 54.6 Å². The molecule has 0 amide bonds. The number of hydrogen-bond acceptors (Lipinski definition) is 7. The molecule has 0 atom stereocenters. The van der Waals surface area contributed by atoms with Crippen molar-refractivity contribution in [2.45, 2.75) is 38.6 Å². The fraction of sp³-hybridized carbons (Fsp3) is 0.423. The lowest BCUT2D eigenvalue weighted by molar-refractivity contribution is -0.274. The minimum Gasteiger partial charge on any atom is -0.406 e. The lowest BCUT2D eigenvalue weighted by Gasteiger charge is -2.41. The van der Waals surface area contributed by atoms with Gasteiger partial charge in [0.2, 0.25) is 0 Å². The number of hydrogen-bond donors (Lipinski definition) is 0. The van der Waals surface area contributed by atoms with Crippen molar-refractivity contribution < 1.29 is 26.3 Å². The van der Waals surface area contributed by atoms with Crippen LogP contribution in [-0.2, 0) is 23.3 Å². The summed E-state index contributed by atoms with van der Waals surface area (Å²) in [5.74, 6) is 0.0398. The van der Waals surface area contributed by atoms with Crippen LogP contribution in [0.2, 0.25) is 0 Å². The van der Waals surface area contributed by atoms with Crippen LogP contribution in [0, 0.1) is 0 Å². The van der Waals surface area contributed by atoms with E-state index in [2.05, 4.69) is 28.6 Å². The van der Waals surface area contributed by atoms with Crippen LogP contribution in [-0.4, -0.2) is 74.1 Å². The molecule has 13 heteroatoms. The first-order valence-electron chi connectivity index (χ1n) is 12.5. The number of fused-ring (bicyclic) bond motifs is 1. The molecular formula is C26H29F3N6O3S. The van der Waals surface area contributed by atoms with Gasteiger partial charge >= 0.3 is 6.36 Å². The summed E-state index contributed by atoms with van der Waals surface area (Å²) in [6.07, 6.45) is 3.89. The molecule has 0 spiro atoms. The molecule has 1 fully saturated rings. The summed E-state index contributed by atoms with van der Waals surface area (Å²) >= 11 is 0. The van der Waals surface area contributed by atoms with Crippen LogP contribution in [0.5, 0.6) is 5.75 Å². The molecule has 0 N–H and O–H groups in total. The van der Waals surface area contributed by atoms with E-state index in [1.165, 1.54) is 24.3 Å². The zero-order valence-corrected chi connectivity index (χ0v) is 22.6. The van der Waals surface area contributed by atoms with E-state index >= 15 is 0 Å². The normalized spacial score (nSPS) is 16.6. The highest BCUT2D eigenvalue weighted by molar-refractivity contribution is 7.91. The van der Waals surface area contributed by atoms with Crippen LogP contribution in [0.3, 0.4) is 0 Å². The van der Waals surface area contributed by atoms with Crippen molar-refractivity contribution in [2.24, 2.45) is 7.05 Å². The number of sulfone groups is 1. The van der Waals surface area contributed by atoms with Crippen LogP contribution in [0.1, 0.15) is 25.8 Å². The Balaban J connectivity index is 1.45. The van der Waals surface area contributed by atoms with Crippen molar-refractivity contribution in [3.63, 3.8) is 0 Å². The Morgan fingerprint density at radius 3 is 2.33 bits per heavy atom. The van der Waals surface area contributed by atoms with Gasteiger partial charge in [0.05, 0.1) is 35.3 Å². The average Bonchev–Trinajstić information content (AvgIpc) is 3.45. The number of benzene rings is 1. The van der Waals surface area contributed by atoms with E-state index in [0.717, 1.165) is 23.2 Å². The highest BCUT2D eigenvalue weighted by atomic mass is 32.2. The average molecular weight is 563 g/mol. The van der Waals surface area contributed by atoms with Crippen LogP contribution in [0.15, 0.2) is 49.1 Å². The van der Waals surface area contributed by atoms with Gasteiger partial charge in [-0.1, -0.05) is 0 Å². The van der Waals surface area contributed by atoms with Gasteiger partial charge in [-0.05, 0) is 56.5 Å². The van der Waals surface area contributed by atoms with Crippen LogP contribution < -0.4 is 4.74 Å². The number of nitrogens with zero attached hydrogens (tertiary/aromatic N) is 6. The molecule has 4 aromatic rings. The van der Waals surface area contributed by atoms with Gasteiger partial charge in [0.15, 0.2) is 15.5 Å².